The molecule has 34 heavy (non-hydrogen) atoms. The largest absolute Gasteiger partial charge is 0.483 e. The Kier molecular flexibility index (Phi) is 8.47. The normalized spacial score (nSPS) is 10.9. The number of anilines is 2. The van der Waals surface area contributed by atoms with E-state index in [2.05, 4.69) is 26.6 Å². The van der Waals surface area contributed by atoms with E-state index >= 15 is 0 Å². The fourth-order valence-electron chi connectivity index (χ4n) is 3.02. The molecule has 0 saturated heterocycles. The SMILES string of the molecule is Cc1ccc(C)c(NC(=O)COc2ccc(Br)cc2/C=C(\C#N)C(=O)Nc2ccccc2Cl)c1. The number of benzene rings is 3. The Labute approximate surface area is 211 Å². The first-order valence-corrected chi connectivity index (χ1v) is 11.4. The number of hydrogen-bond donors (Lipinski definition) is 2. The number of carbonyl (C=O) groups is 2. The third-order valence-corrected chi connectivity index (χ3v) is 5.61. The molecule has 0 atom stereocenters. The van der Waals surface area contributed by atoms with Gasteiger partial charge in [-0.3, -0.25) is 9.59 Å². The number of nitrogens with zero attached hydrogens (tertiary/aromatic N) is 1. The molecule has 0 bridgehead atoms. The van der Waals surface area contributed by atoms with Crippen LogP contribution < -0.4 is 15.4 Å². The first kappa shape index (κ1) is 25.0. The Bertz CT molecular complexity index is 1310. The maximum absolute atomic E-state index is 12.6. The van der Waals surface area contributed by atoms with E-state index < -0.39 is 5.91 Å². The van der Waals surface area contributed by atoms with Gasteiger partial charge in [0, 0.05) is 15.7 Å². The molecule has 8 heteroatoms. The van der Waals surface area contributed by atoms with Gasteiger partial charge in [0.15, 0.2) is 6.61 Å². The number of ether oxygens (including phenoxy) is 1. The Morgan fingerprint density at radius 3 is 2.56 bits per heavy atom. The molecule has 3 aromatic carbocycles. The molecule has 0 aromatic heterocycles. The van der Waals surface area contributed by atoms with Gasteiger partial charge in [-0.1, -0.05) is 51.8 Å². The lowest BCUT2D eigenvalue weighted by molar-refractivity contribution is -0.118. The van der Waals surface area contributed by atoms with Crippen LogP contribution in [0, 0.1) is 25.2 Å². The number of aryl methyl sites for hydroxylation is 2. The van der Waals surface area contributed by atoms with Crippen molar-refractivity contribution in [2.75, 3.05) is 17.2 Å². The van der Waals surface area contributed by atoms with Crippen molar-refractivity contribution >= 4 is 56.8 Å². The van der Waals surface area contributed by atoms with Crippen molar-refractivity contribution in [3.63, 3.8) is 0 Å². The van der Waals surface area contributed by atoms with Gasteiger partial charge in [0.2, 0.25) is 0 Å². The number of nitriles is 1. The Morgan fingerprint density at radius 2 is 1.82 bits per heavy atom. The van der Waals surface area contributed by atoms with E-state index in [1.807, 2.05) is 38.1 Å². The van der Waals surface area contributed by atoms with Gasteiger partial charge in [-0.05, 0) is 67.4 Å². The summed E-state index contributed by atoms with van der Waals surface area (Å²) in [6.45, 7) is 3.61. The van der Waals surface area contributed by atoms with Crippen LogP contribution in [0.3, 0.4) is 0 Å². The quantitative estimate of drug-likeness (QED) is 0.273. The lowest BCUT2D eigenvalue weighted by Crippen LogP contribution is -2.21. The highest BCUT2D eigenvalue weighted by Crippen LogP contribution is 2.27. The standard InChI is InChI=1S/C26H21BrClN3O3/c1-16-7-8-17(2)23(11-16)30-25(32)15-34-24-10-9-20(27)13-18(24)12-19(14-29)26(33)31-22-6-4-3-5-21(22)28/h3-13H,15H2,1-2H3,(H,30,32)(H,31,33)/b19-12+. The number of rotatable bonds is 7. The van der Waals surface area contributed by atoms with Crippen molar-refractivity contribution in [3.8, 4) is 11.8 Å². The van der Waals surface area contributed by atoms with Crippen molar-refractivity contribution in [3.05, 3.63) is 92.4 Å². The van der Waals surface area contributed by atoms with Gasteiger partial charge >= 0.3 is 0 Å². The highest BCUT2D eigenvalue weighted by Gasteiger charge is 2.14. The molecule has 0 aliphatic heterocycles. The van der Waals surface area contributed by atoms with Crippen molar-refractivity contribution in [2.24, 2.45) is 0 Å². The van der Waals surface area contributed by atoms with Crippen molar-refractivity contribution in [1.29, 1.82) is 5.26 Å². The Hall–Kier alpha value is -3.60. The molecule has 2 N–H and O–H groups in total. The van der Waals surface area contributed by atoms with Gasteiger partial charge in [0.05, 0.1) is 10.7 Å². The zero-order chi connectivity index (χ0) is 24.7. The van der Waals surface area contributed by atoms with E-state index in [1.54, 1.807) is 42.5 Å². The van der Waals surface area contributed by atoms with E-state index in [9.17, 15) is 14.9 Å². The summed E-state index contributed by atoms with van der Waals surface area (Å²) < 4.78 is 6.44. The zero-order valence-corrected chi connectivity index (χ0v) is 20.8. The van der Waals surface area contributed by atoms with Gasteiger partial charge in [0.1, 0.15) is 17.4 Å². The van der Waals surface area contributed by atoms with Crippen LogP contribution >= 0.6 is 27.5 Å². The van der Waals surface area contributed by atoms with Crippen LogP contribution in [-0.2, 0) is 9.59 Å². The lowest BCUT2D eigenvalue weighted by atomic mass is 10.1. The van der Waals surface area contributed by atoms with Crippen LogP contribution in [0.1, 0.15) is 16.7 Å². The highest BCUT2D eigenvalue weighted by molar-refractivity contribution is 9.10. The van der Waals surface area contributed by atoms with E-state index in [0.717, 1.165) is 15.6 Å². The molecule has 2 amide bonds. The van der Waals surface area contributed by atoms with E-state index in [1.165, 1.54) is 6.08 Å². The fourth-order valence-corrected chi connectivity index (χ4v) is 3.58. The monoisotopic (exact) mass is 537 g/mol. The minimum absolute atomic E-state index is 0.150. The van der Waals surface area contributed by atoms with Crippen molar-refractivity contribution in [1.82, 2.24) is 0 Å². The van der Waals surface area contributed by atoms with Crippen LogP contribution in [0.25, 0.3) is 6.08 Å². The second-order valence-electron chi connectivity index (χ2n) is 7.44. The van der Waals surface area contributed by atoms with E-state index in [-0.39, 0.29) is 18.1 Å². The molecule has 0 aliphatic rings. The summed E-state index contributed by atoms with van der Waals surface area (Å²) in [6.07, 6.45) is 1.40. The second-order valence-corrected chi connectivity index (χ2v) is 8.76. The summed E-state index contributed by atoms with van der Waals surface area (Å²) in [6, 6.07) is 19.5. The van der Waals surface area contributed by atoms with Crippen LogP contribution in [-0.4, -0.2) is 18.4 Å². The van der Waals surface area contributed by atoms with E-state index in [4.69, 9.17) is 16.3 Å². The number of para-hydroxylation sites is 1. The maximum Gasteiger partial charge on any atom is 0.266 e. The van der Waals surface area contributed by atoms with Crippen LogP contribution in [0.4, 0.5) is 11.4 Å². The Balaban J connectivity index is 1.77. The number of amides is 2. The number of halogens is 2. The molecular weight excluding hydrogens is 518 g/mol. The molecule has 172 valence electrons. The van der Waals surface area contributed by atoms with Gasteiger partial charge < -0.3 is 15.4 Å². The highest BCUT2D eigenvalue weighted by atomic mass is 79.9. The molecule has 0 radical (unpaired) electrons. The summed E-state index contributed by atoms with van der Waals surface area (Å²) >= 11 is 9.47. The molecule has 0 spiro atoms. The van der Waals surface area contributed by atoms with Gasteiger partial charge in [-0.15, -0.1) is 0 Å². The van der Waals surface area contributed by atoms with Gasteiger partial charge in [0.25, 0.3) is 11.8 Å². The third-order valence-electron chi connectivity index (χ3n) is 4.78. The van der Waals surface area contributed by atoms with Crippen LogP contribution in [0.15, 0.2) is 70.7 Å². The number of hydrogen-bond acceptors (Lipinski definition) is 4. The predicted octanol–water partition coefficient (Wildman–Crippen LogP) is 6.28. The van der Waals surface area contributed by atoms with Crippen LogP contribution in [0.5, 0.6) is 5.75 Å². The molecule has 0 saturated carbocycles. The van der Waals surface area contributed by atoms with Crippen molar-refractivity contribution < 1.29 is 14.3 Å². The second kappa shape index (κ2) is 11.5. The first-order chi connectivity index (χ1) is 16.3. The molecule has 3 aromatic rings. The summed E-state index contributed by atoms with van der Waals surface area (Å²) in [5, 5.41) is 15.4. The van der Waals surface area contributed by atoms with Gasteiger partial charge in [-0.2, -0.15) is 5.26 Å². The first-order valence-electron chi connectivity index (χ1n) is 10.2. The average Bonchev–Trinajstić information content (AvgIpc) is 2.80. The maximum atomic E-state index is 12.6. The minimum Gasteiger partial charge on any atom is -0.483 e. The predicted molar refractivity (Wildman–Crippen MR) is 138 cm³/mol. The van der Waals surface area contributed by atoms with Crippen molar-refractivity contribution in [2.45, 2.75) is 13.8 Å². The lowest BCUT2D eigenvalue weighted by Gasteiger charge is -2.12. The summed E-state index contributed by atoms with van der Waals surface area (Å²) in [5.74, 6) is -0.602. The summed E-state index contributed by atoms with van der Waals surface area (Å²) in [5.41, 5.74) is 3.38. The smallest absolute Gasteiger partial charge is 0.266 e. The van der Waals surface area contributed by atoms with E-state index in [0.29, 0.717) is 27.7 Å². The topological polar surface area (TPSA) is 91.2 Å². The Morgan fingerprint density at radius 1 is 1.06 bits per heavy atom. The third kappa shape index (κ3) is 6.70. The minimum atomic E-state index is -0.616. The molecule has 0 aliphatic carbocycles. The average molecular weight is 539 g/mol. The molecular formula is C26H21BrClN3O3. The summed E-state index contributed by atoms with van der Waals surface area (Å²) in [7, 11) is 0. The number of carbonyl (C=O) groups excluding carboxylic acids is 2. The molecule has 0 heterocycles. The molecule has 0 unspecified atom stereocenters. The van der Waals surface area contributed by atoms with Crippen LogP contribution in [0.2, 0.25) is 5.02 Å². The fraction of sp³-hybridized carbons (Fsp3) is 0.115. The zero-order valence-electron chi connectivity index (χ0n) is 18.5. The molecule has 6 nitrogen and oxygen atoms in total. The number of nitrogens with one attached hydrogen (secondary N) is 2. The van der Waals surface area contributed by atoms with Gasteiger partial charge in [-0.25, -0.2) is 0 Å². The summed E-state index contributed by atoms with van der Waals surface area (Å²) in [4.78, 5) is 25.1. The molecule has 0 fully saturated rings. The molecule has 3 rings (SSSR count).